The number of rotatable bonds is 7. The number of nitrogens with one attached hydrogen (secondary N) is 1. The first-order valence-corrected chi connectivity index (χ1v) is 12.2. The van der Waals surface area contributed by atoms with Crippen molar-refractivity contribution >= 4 is 28.1 Å². The number of ether oxygens (including phenoxy) is 1. The van der Waals surface area contributed by atoms with E-state index in [2.05, 4.69) is 15.4 Å². The first kappa shape index (κ1) is 24.5. The summed E-state index contributed by atoms with van der Waals surface area (Å²) >= 11 is 1.25. The number of benzene rings is 3. The van der Waals surface area contributed by atoms with Crippen LogP contribution in [0, 0.1) is 24.4 Å². The van der Waals surface area contributed by atoms with Crippen LogP contribution in [-0.4, -0.2) is 26.7 Å². The van der Waals surface area contributed by atoms with Gasteiger partial charge >= 0.3 is 0 Å². The van der Waals surface area contributed by atoms with E-state index >= 15 is 0 Å². The first-order valence-electron chi connectivity index (χ1n) is 11.4. The molecule has 1 N–H and O–H groups in total. The van der Waals surface area contributed by atoms with Crippen molar-refractivity contribution in [2.45, 2.75) is 26.0 Å². The van der Waals surface area contributed by atoms with Crippen LogP contribution in [0.1, 0.15) is 33.3 Å². The molecule has 1 amide bonds. The second-order valence-corrected chi connectivity index (χ2v) is 9.74. The molecule has 0 aliphatic carbocycles. The molecule has 188 valence electrons. The quantitative estimate of drug-likeness (QED) is 0.279. The number of fused-ring (bicyclic) bond motifs is 1. The smallest absolute Gasteiger partial charge is 0.280 e. The topological polar surface area (TPSA) is 69.0 Å². The molecule has 0 saturated carbocycles. The van der Waals surface area contributed by atoms with Crippen LogP contribution < -0.4 is 10.1 Å². The number of carbonyl (C=O) groups excluding carboxylic acids is 1. The summed E-state index contributed by atoms with van der Waals surface area (Å²) in [6, 6.07) is 14.1. The fourth-order valence-electron chi connectivity index (χ4n) is 3.97. The van der Waals surface area contributed by atoms with Gasteiger partial charge in [-0.15, -0.1) is 11.3 Å². The van der Waals surface area contributed by atoms with Gasteiger partial charge in [-0.3, -0.25) is 4.79 Å². The highest BCUT2D eigenvalue weighted by Gasteiger charge is 2.26. The fourth-order valence-corrected chi connectivity index (χ4v) is 4.64. The lowest BCUT2D eigenvalue weighted by atomic mass is 10.0. The summed E-state index contributed by atoms with van der Waals surface area (Å²) in [5, 5.41) is 8.29. The normalized spacial score (nSPS) is 12.9. The zero-order chi connectivity index (χ0) is 26.1. The Hall–Kier alpha value is -4.18. The summed E-state index contributed by atoms with van der Waals surface area (Å²) < 4.78 is 49.0. The van der Waals surface area contributed by atoms with E-state index in [9.17, 15) is 18.0 Å². The molecular formula is C27H21F3N4O2S. The molecule has 0 saturated heterocycles. The molecule has 2 atom stereocenters. The molecule has 0 bridgehead atoms. The number of thiazole rings is 1. The summed E-state index contributed by atoms with van der Waals surface area (Å²) in [5.74, 6) is -2.29. The van der Waals surface area contributed by atoms with Crippen molar-refractivity contribution in [1.29, 1.82) is 0 Å². The van der Waals surface area contributed by atoms with Gasteiger partial charge in [0.05, 0.1) is 23.4 Å². The Morgan fingerprint density at radius 2 is 1.78 bits per heavy atom. The van der Waals surface area contributed by atoms with Crippen LogP contribution in [0.5, 0.6) is 5.75 Å². The van der Waals surface area contributed by atoms with E-state index in [1.54, 1.807) is 54.3 Å². The van der Waals surface area contributed by atoms with Gasteiger partial charge in [0, 0.05) is 16.5 Å². The maximum absolute atomic E-state index is 14.1. The van der Waals surface area contributed by atoms with Crippen molar-refractivity contribution in [3.8, 4) is 11.4 Å². The molecule has 0 aliphatic heterocycles. The van der Waals surface area contributed by atoms with E-state index < -0.39 is 29.7 Å². The van der Waals surface area contributed by atoms with Crippen molar-refractivity contribution < 1.29 is 22.7 Å². The van der Waals surface area contributed by atoms with Gasteiger partial charge in [-0.25, -0.2) is 22.8 Å². The van der Waals surface area contributed by atoms with E-state index in [4.69, 9.17) is 4.74 Å². The first-order chi connectivity index (χ1) is 17.8. The summed E-state index contributed by atoms with van der Waals surface area (Å²) in [6.07, 6.45) is 2.41. The molecule has 6 nitrogen and oxygen atoms in total. The van der Waals surface area contributed by atoms with E-state index in [-0.39, 0.29) is 5.82 Å². The predicted octanol–water partition coefficient (Wildman–Crippen LogP) is 6.15. The Bertz CT molecular complexity index is 1580. The lowest BCUT2D eigenvalue weighted by Gasteiger charge is -2.26. The lowest BCUT2D eigenvalue weighted by Crippen LogP contribution is -2.39. The predicted molar refractivity (Wildman–Crippen MR) is 135 cm³/mol. The van der Waals surface area contributed by atoms with Gasteiger partial charge in [-0.1, -0.05) is 6.07 Å². The Morgan fingerprint density at radius 1 is 1.00 bits per heavy atom. The largest absolute Gasteiger partial charge is 0.484 e. The summed E-state index contributed by atoms with van der Waals surface area (Å²) in [6.45, 7) is 3.56. The molecule has 0 radical (unpaired) electrons. The van der Waals surface area contributed by atoms with E-state index in [0.717, 1.165) is 27.9 Å². The lowest BCUT2D eigenvalue weighted by molar-refractivity contribution is 0.0881. The summed E-state index contributed by atoms with van der Waals surface area (Å²) in [5.41, 5.74) is 1.81. The molecule has 0 aliphatic rings. The van der Waals surface area contributed by atoms with Crippen LogP contribution in [0.4, 0.5) is 13.2 Å². The van der Waals surface area contributed by atoms with E-state index in [1.165, 1.54) is 29.5 Å². The van der Waals surface area contributed by atoms with Gasteiger partial charge < -0.3 is 10.1 Å². The highest BCUT2D eigenvalue weighted by atomic mass is 32.1. The minimum Gasteiger partial charge on any atom is -0.484 e. The third-order valence-electron chi connectivity index (χ3n) is 5.77. The van der Waals surface area contributed by atoms with E-state index in [0.29, 0.717) is 22.0 Å². The van der Waals surface area contributed by atoms with Crippen LogP contribution in [0.2, 0.25) is 0 Å². The molecule has 0 spiro atoms. The molecule has 5 rings (SSSR count). The van der Waals surface area contributed by atoms with Crippen molar-refractivity contribution in [3.63, 3.8) is 0 Å². The number of hydrogen-bond donors (Lipinski definition) is 1. The average molecular weight is 523 g/mol. The van der Waals surface area contributed by atoms with Crippen LogP contribution in [-0.2, 0) is 0 Å². The second-order valence-electron chi connectivity index (χ2n) is 8.50. The SMILES string of the molecule is Cc1cnc(C(=O)N[C@@H](C)[C@H](Oc2ccc3c(cnn3-c3ccc(F)cc3)c2)c2ccc(F)c(F)c2)s1. The number of hydrogen-bond acceptors (Lipinski definition) is 5. The number of nitrogens with zero attached hydrogens (tertiary/aromatic N) is 3. The van der Waals surface area contributed by atoms with Crippen LogP contribution >= 0.6 is 11.3 Å². The Morgan fingerprint density at radius 3 is 2.49 bits per heavy atom. The van der Waals surface area contributed by atoms with Crippen LogP contribution in [0.25, 0.3) is 16.6 Å². The summed E-state index contributed by atoms with van der Waals surface area (Å²) in [4.78, 5) is 17.7. The highest BCUT2D eigenvalue weighted by molar-refractivity contribution is 7.13. The van der Waals surface area contributed by atoms with E-state index in [1.807, 2.05) is 6.92 Å². The molecule has 2 aromatic heterocycles. The van der Waals surface area contributed by atoms with Crippen molar-refractivity contribution in [3.05, 3.63) is 106 Å². The Balaban J connectivity index is 1.44. The van der Waals surface area contributed by atoms with Crippen LogP contribution in [0.15, 0.2) is 73.1 Å². The number of halogens is 3. The Labute approximate surface area is 214 Å². The standard InChI is InChI=1S/C27H21F3N4O2S/c1-15-13-31-27(37-15)26(35)33-16(2)25(17-3-9-22(29)23(30)12-17)36-21-8-10-24-18(11-21)14-32-34(24)20-6-4-19(28)5-7-20/h3-14,16,25H,1-2H3,(H,33,35)/t16-,25-/m0/s1. The monoisotopic (exact) mass is 522 g/mol. The van der Waals surface area contributed by atoms with Crippen molar-refractivity contribution in [2.75, 3.05) is 0 Å². The van der Waals surface area contributed by atoms with Gasteiger partial charge in [0.1, 0.15) is 17.7 Å². The van der Waals surface area contributed by atoms with Gasteiger partial charge in [0.15, 0.2) is 16.6 Å². The molecule has 0 fully saturated rings. The highest BCUT2D eigenvalue weighted by Crippen LogP contribution is 2.30. The maximum atomic E-state index is 14.1. The van der Waals surface area contributed by atoms with Crippen molar-refractivity contribution in [1.82, 2.24) is 20.1 Å². The molecule has 37 heavy (non-hydrogen) atoms. The van der Waals surface area contributed by atoms with Crippen LogP contribution in [0.3, 0.4) is 0 Å². The molecule has 3 aromatic carbocycles. The van der Waals surface area contributed by atoms with Gasteiger partial charge in [-0.05, 0) is 74.0 Å². The minimum absolute atomic E-state index is 0.294. The van der Waals surface area contributed by atoms with Gasteiger partial charge in [0.25, 0.3) is 5.91 Å². The number of carbonyl (C=O) groups is 1. The van der Waals surface area contributed by atoms with Gasteiger partial charge in [0.2, 0.25) is 0 Å². The third-order valence-corrected chi connectivity index (χ3v) is 6.69. The fraction of sp³-hybridized carbons (Fsp3) is 0.148. The Kier molecular flexibility index (Phi) is 6.66. The van der Waals surface area contributed by atoms with Gasteiger partial charge in [-0.2, -0.15) is 5.10 Å². The van der Waals surface area contributed by atoms with Crippen molar-refractivity contribution in [2.24, 2.45) is 0 Å². The second kappa shape index (κ2) is 10.1. The molecule has 10 heteroatoms. The zero-order valence-corrected chi connectivity index (χ0v) is 20.6. The molecular weight excluding hydrogens is 501 g/mol. The number of aryl methyl sites for hydroxylation is 1. The number of amides is 1. The minimum atomic E-state index is -1.02. The molecule has 2 heterocycles. The average Bonchev–Trinajstić information content (AvgIpc) is 3.51. The summed E-state index contributed by atoms with van der Waals surface area (Å²) in [7, 11) is 0. The molecule has 5 aromatic rings. The maximum Gasteiger partial charge on any atom is 0.280 e. The molecule has 0 unspecified atom stereocenters. The zero-order valence-electron chi connectivity index (χ0n) is 19.8. The third kappa shape index (κ3) is 5.19. The number of aromatic nitrogens is 3.